The van der Waals surface area contributed by atoms with Crippen LogP contribution in [0.4, 0.5) is 0 Å². The van der Waals surface area contributed by atoms with Crippen molar-refractivity contribution in [2.45, 2.75) is 51.5 Å². The molecule has 2 atom stereocenters. The van der Waals surface area contributed by atoms with Gasteiger partial charge in [-0.05, 0) is 31.7 Å². The molecular weight excluding hydrogens is 380 g/mol. The van der Waals surface area contributed by atoms with E-state index < -0.39 is 0 Å². The van der Waals surface area contributed by atoms with Crippen LogP contribution in [0.15, 0.2) is 18.2 Å². The zero-order valence-corrected chi connectivity index (χ0v) is 18.3. The van der Waals surface area contributed by atoms with E-state index in [0.29, 0.717) is 51.6 Å². The van der Waals surface area contributed by atoms with Crippen molar-refractivity contribution in [2.24, 2.45) is 11.8 Å². The molecule has 3 aliphatic rings. The highest BCUT2D eigenvalue weighted by atomic mass is 16.5. The van der Waals surface area contributed by atoms with Crippen molar-refractivity contribution in [3.05, 3.63) is 29.3 Å². The molecule has 1 saturated carbocycles. The Morgan fingerprint density at radius 1 is 1.27 bits per heavy atom. The van der Waals surface area contributed by atoms with Crippen LogP contribution in [0.1, 0.15) is 55.7 Å². The van der Waals surface area contributed by atoms with Crippen LogP contribution >= 0.6 is 0 Å². The van der Waals surface area contributed by atoms with E-state index in [2.05, 4.69) is 19.1 Å². The summed E-state index contributed by atoms with van der Waals surface area (Å²) in [5.41, 5.74) is 2.25. The van der Waals surface area contributed by atoms with Crippen molar-refractivity contribution in [1.29, 1.82) is 0 Å². The van der Waals surface area contributed by atoms with E-state index in [9.17, 15) is 9.59 Å². The van der Waals surface area contributed by atoms with Gasteiger partial charge in [-0.15, -0.1) is 0 Å². The second-order valence-corrected chi connectivity index (χ2v) is 9.08. The van der Waals surface area contributed by atoms with Gasteiger partial charge >= 0.3 is 0 Å². The van der Waals surface area contributed by atoms with Crippen molar-refractivity contribution in [3.8, 4) is 5.75 Å². The second-order valence-electron chi connectivity index (χ2n) is 9.08. The fourth-order valence-corrected chi connectivity index (χ4v) is 5.32. The third kappa shape index (κ3) is 4.48. The highest BCUT2D eigenvalue weighted by Crippen LogP contribution is 2.42. The summed E-state index contributed by atoms with van der Waals surface area (Å²) in [6.07, 6.45) is 5.73. The van der Waals surface area contributed by atoms with Gasteiger partial charge < -0.3 is 19.3 Å². The Hall–Kier alpha value is -2.08. The van der Waals surface area contributed by atoms with Crippen LogP contribution in [0.25, 0.3) is 0 Å². The molecule has 0 spiro atoms. The summed E-state index contributed by atoms with van der Waals surface area (Å²) < 4.78 is 11.3. The Bertz CT molecular complexity index is 774. The Labute approximate surface area is 179 Å². The molecule has 6 heteroatoms. The van der Waals surface area contributed by atoms with Crippen molar-refractivity contribution in [1.82, 2.24) is 9.80 Å². The topological polar surface area (TPSA) is 59.1 Å². The summed E-state index contributed by atoms with van der Waals surface area (Å²) in [7, 11) is 1.66. The highest BCUT2D eigenvalue weighted by Gasteiger charge is 2.41. The van der Waals surface area contributed by atoms with Crippen LogP contribution in [0.3, 0.4) is 0 Å². The first-order valence-electron chi connectivity index (χ1n) is 11.4. The lowest BCUT2D eigenvalue weighted by Gasteiger charge is -2.45. The smallest absolute Gasteiger partial charge is 0.224 e. The van der Waals surface area contributed by atoms with Crippen molar-refractivity contribution in [2.75, 3.05) is 40.0 Å². The number of benzene rings is 1. The van der Waals surface area contributed by atoms with Crippen LogP contribution in [0.2, 0.25) is 0 Å². The summed E-state index contributed by atoms with van der Waals surface area (Å²) in [4.78, 5) is 30.2. The molecule has 2 heterocycles. The van der Waals surface area contributed by atoms with Gasteiger partial charge in [-0.1, -0.05) is 30.5 Å². The summed E-state index contributed by atoms with van der Waals surface area (Å²) in [6.45, 7) is 4.76. The van der Waals surface area contributed by atoms with Gasteiger partial charge in [-0.3, -0.25) is 9.59 Å². The number of amides is 2. The predicted octanol–water partition coefficient (Wildman–Crippen LogP) is 3.33. The minimum Gasteiger partial charge on any atom is -0.493 e. The molecule has 6 nitrogen and oxygen atoms in total. The largest absolute Gasteiger partial charge is 0.493 e. The monoisotopic (exact) mass is 414 g/mol. The normalized spacial score (nSPS) is 24.7. The third-order valence-corrected chi connectivity index (χ3v) is 6.92. The molecule has 164 valence electrons. The lowest BCUT2D eigenvalue weighted by Crippen LogP contribution is -2.51. The van der Waals surface area contributed by atoms with Gasteiger partial charge in [0.15, 0.2) is 0 Å². The van der Waals surface area contributed by atoms with E-state index in [0.717, 1.165) is 29.7 Å². The second kappa shape index (κ2) is 9.38. The summed E-state index contributed by atoms with van der Waals surface area (Å²) in [5, 5.41) is 0. The zero-order valence-electron chi connectivity index (χ0n) is 18.3. The molecule has 2 aliphatic heterocycles. The molecule has 1 aliphatic carbocycles. The standard InChI is InChI=1S/C24H34N2O4/c1-17-7-8-21-20(13-17)24-19(16-30-21)15-25(11-12-29-2)22(27)9-10-26(24)23(28)14-18-5-3-4-6-18/h7-8,13,18-19,24H,3-6,9-12,14-16H2,1-2H3/t19-,24-/m0/s1. The number of methoxy groups -OCH3 is 1. The number of fused-ring (bicyclic) bond motifs is 3. The molecule has 2 fully saturated rings. The molecular formula is C24H34N2O4. The van der Waals surface area contributed by atoms with E-state index >= 15 is 0 Å². The van der Waals surface area contributed by atoms with Crippen molar-refractivity contribution in [3.63, 3.8) is 0 Å². The lowest BCUT2D eigenvalue weighted by atomic mass is 9.86. The van der Waals surface area contributed by atoms with E-state index in [1.807, 2.05) is 15.9 Å². The third-order valence-electron chi connectivity index (χ3n) is 6.92. The molecule has 0 bridgehead atoms. The van der Waals surface area contributed by atoms with Crippen LogP contribution in [0, 0.1) is 18.8 Å². The summed E-state index contributed by atoms with van der Waals surface area (Å²) >= 11 is 0. The Morgan fingerprint density at radius 2 is 2.07 bits per heavy atom. The average Bonchev–Trinajstić information content (AvgIpc) is 3.23. The first-order chi connectivity index (χ1) is 14.6. The number of rotatable bonds is 5. The molecule has 0 N–H and O–H groups in total. The highest BCUT2D eigenvalue weighted by molar-refractivity contribution is 5.80. The zero-order chi connectivity index (χ0) is 21.1. The molecule has 0 aromatic heterocycles. The molecule has 1 aromatic rings. The Morgan fingerprint density at radius 3 is 2.83 bits per heavy atom. The van der Waals surface area contributed by atoms with Gasteiger partial charge in [0.05, 0.1) is 19.3 Å². The fourth-order valence-electron chi connectivity index (χ4n) is 5.32. The average molecular weight is 415 g/mol. The molecule has 30 heavy (non-hydrogen) atoms. The Kier molecular flexibility index (Phi) is 6.61. The van der Waals surface area contributed by atoms with Crippen LogP contribution in [-0.4, -0.2) is 61.6 Å². The number of hydrogen-bond donors (Lipinski definition) is 0. The number of ether oxygens (including phenoxy) is 2. The molecule has 1 saturated heterocycles. The van der Waals surface area contributed by atoms with E-state index in [4.69, 9.17) is 9.47 Å². The summed E-state index contributed by atoms with van der Waals surface area (Å²) in [5.74, 6) is 1.72. The quantitative estimate of drug-likeness (QED) is 0.742. The van der Waals surface area contributed by atoms with Gasteiger partial charge in [0, 0.05) is 51.1 Å². The molecule has 4 rings (SSSR count). The minimum absolute atomic E-state index is 0.0410. The lowest BCUT2D eigenvalue weighted by molar-refractivity contribution is -0.143. The van der Waals surface area contributed by atoms with E-state index in [1.54, 1.807) is 7.11 Å². The number of hydrogen-bond acceptors (Lipinski definition) is 4. The molecule has 2 amide bonds. The Balaban J connectivity index is 1.64. The van der Waals surface area contributed by atoms with Gasteiger partial charge in [0.25, 0.3) is 0 Å². The van der Waals surface area contributed by atoms with Gasteiger partial charge in [-0.2, -0.15) is 0 Å². The number of nitrogens with zero attached hydrogens (tertiary/aromatic N) is 2. The fraction of sp³-hybridized carbons (Fsp3) is 0.667. The van der Waals surface area contributed by atoms with Crippen LogP contribution in [0.5, 0.6) is 5.75 Å². The van der Waals surface area contributed by atoms with E-state index in [1.165, 1.54) is 12.8 Å². The van der Waals surface area contributed by atoms with Crippen LogP contribution < -0.4 is 4.74 Å². The van der Waals surface area contributed by atoms with Gasteiger partial charge in [0.2, 0.25) is 11.8 Å². The summed E-state index contributed by atoms with van der Waals surface area (Å²) in [6, 6.07) is 6.19. The van der Waals surface area contributed by atoms with Crippen molar-refractivity contribution >= 4 is 11.8 Å². The first kappa shape index (κ1) is 21.2. The van der Waals surface area contributed by atoms with Gasteiger partial charge in [0.1, 0.15) is 5.75 Å². The number of carbonyl (C=O) groups is 2. The maximum absolute atomic E-state index is 13.5. The first-order valence-corrected chi connectivity index (χ1v) is 11.4. The molecule has 0 radical (unpaired) electrons. The maximum atomic E-state index is 13.5. The number of aryl methyl sites for hydroxylation is 1. The van der Waals surface area contributed by atoms with Crippen LogP contribution in [-0.2, 0) is 14.3 Å². The molecule has 0 unspecified atom stereocenters. The SMILES string of the molecule is COCCN1C[C@H]2COc3ccc(C)cc3[C@H]2N(C(=O)CC2CCCC2)CCC1=O. The van der Waals surface area contributed by atoms with Gasteiger partial charge in [-0.25, -0.2) is 0 Å². The van der Waals surface area contributed by atoms with E-state index in [-0.39, 0.29) is 23.8 Å². The number of carbonyl (C=O) groups excluding carboxylic acids is 2. The predicted molar refractivity (Wildman–Crippen MR) is 114 cm³/mol. The minimum atomic E-state index is -0.0410. The maximum Gasteiger partial charge on any atom is 0.224 e. The van der Waals surface area contributed by atoms with Crippen molar-refractivity contribution < 1.29 is 19.1 Å². The molecule has 1 aromatic carbocycles.